The minimum Gasteiger partial charge on any atom is -0.398 e. The van der Waals surface area contributed by atoms with Gasteiger partial charge in [-0.05, 0) is 25.0 Å². The zero-order valence-electron chi connectivity index (χ0n) is 15.5. The Morgan fingerprint density at radius 1 is 1.46 bits per heavy atom. The van der Waals surface area contributed by atoms with Crippen LogP contribution in [0.15, 0.2) is 30.6 Å². The van der Waals surface area contributed by atoms with Gasteiger partial charge < -0.3 is 21.2 Å². The summed E-state index contributed by atoms with van der Waals surface area (Å²) in [5.74, 6) is 0.155. The van der Waals surface area contributed by atoms with E-state index in [9.17, 15) is 9.18 Å². The Labute approximate surface area is 166 Å². The number of nitrogens with one attached hydrogen (secondary N) is 3. The van der Waals surface area contributed by atoms with E-state index in [-0.39, 0.29) is 28.4 Å². The molecule has 1 atom stereocenters. The van der Waals surface area contributed by atoms with Crippen LogP contribution in [-0.4, -0.2) is 41.5 Å². The van der Waals surface area contributed by atoms with E-state index < -0.39 is 12.1 Å². The lowest BCUT2D eigenvalue weighted by molar-refractivity contribution is 0.166. The van der Waals surface area contributed by atoms with Crippen molar-refractivity contribution in [2.45, 2.75) is 25.3 Å². The van der Waals surface area contributed by atoms with Crippen LogP contribution in [0.25, 0.3) is 0 Å². The molecule has 8 nitrogen and oxygen atoms in total. The maximum Gasteiger partial charge on any atom is 0.320 e. The predicted octanol–water partition coefficient (Wildman–Crippen LogP) is 3.09. The first-order valence-corrected chi connectivity index (χ1v) is 8.97. The van der Waals surface area contributed by atoms with Crippen molar-refractivity contribution in [3.8, 4) is 0 Å². The zero-order valence-corrected chi connectivity index (χ0v) is 15.5. The summed E-state index contributed by atoms with van der Waals surface area (Å²) < 4.78 is 18.5. The smallest absolute Gasteiger partial charge is 0.320 e. The first-order chi connectivity index (χ1) is 13.5. The Morgan fingerprint density at radius 2 is 2.25 bits per heavy atom. The van der Waals surface area contributed by atoms with E-state index in [1.165, 1.54) is 37.7 Å². The van der Waals surface area contributed by atoms with E-state index >= 15 is 0 Å². The molecule has 1 fully saturated rings. The number of hydrogen-bond acceptors (Lipinski definition) is 6. The minimum absolute atomic E-state index is 0. The second kappa shape index (κ2) is 8.75. The highest BCUT2D eigenvalue weighted by molar-refractivity contribution is 6.05. The molecule has 2 aromatic rings. The number of halogens is 1. The molecule has 0 aliphatic heterocycles. The number of anilines is 2. The Morgan fingerprint density at radius 3 is 2.89 bits per heavy atom. The predicted molar refractivity (Wildman–Crippen MR) is 110 cm³/mol. The second-order valence-electron chi connectivity index (χ2n) is 6.76. The van der Waals surface area contributed by atoms with E-state index in [0.717, 1.165) is 12.8 Å². The highest BCUT2D eigenvalue weighted by atomic mass is 19.1. The molecule has 0 aromatic carbocycles. The van der Waals surface area contributed by atoms with Crippen molar-refractivity contribution in [3.05, 3.63) is 47.7 Å². The van der Waals surface area contributed by atoms with Crippen LogP contribution in [0.2, 0.25) is 0 Å². The fraction of sp³-hybridized carbons (Fsp3) is 0.368. The number of urea groups is 1. The summed E-state index contributed by atoms with van der Waals surface area (Å²) in [6, 6.07) is 3.22. The Bertz CT molecular complexity index is 885. The summed E-state index contributed by atoms with van der Waals surface area (Å²) in [5, 5.41) is 13.5. The van der Waals surface area contributed by atoms with Gasteiger partial charge in [-0.15, -0.1) is 0 Å². The average molecular weight is 392 g/mol. The van der Waals surface area contributed by atoms with Crippen molar-refractivity contribution >= 4 is 23.2 Å². The maximum absolute atomic E-state index is 13.3. The van der Waals surface area contributed by atoms with Gasteiger partial charge in [0.05, 0.1) is 12.6 Å². The van der Waals surface area contributed by atoms with E-state index in [4.69, 9.17) is 15.9 Å². The number of amides is 2. The maximum atomic E-state index is 13.3. The van der Waals surface area contributed by atoms with Crippen LogP contribution in [0.5, 0.6) is 0 Å². The third-order valence-corrected chi connectivity index (χ3v) is 4.39. The summed E-state index contributed by atoms with van der Waals surface area (Å²) in [6.07, 6.45) is 5.20. The van der Waals surface area contributed by atoms with Crippen molar-refractivity contribution in [3.63, 3.8) is 0 Å². The molecule has 0 radical (unpaired) electrons. The highest BCUT2D eigenvalue weighted by Gasteiger charge is 2.28. The lowest BCUT2D eigenvalue weighted by atomic mass is 10.1. The standard InChI is InChI=1S/C19H23FN6O2.3H2/c1-28-10-14(7-13-6-12(20)4-5-23-13)25-19(27)26-17-8-16(21)15(9-24-17)18(22)11-2-3-11;;;/h4-6,8-9,11,14,22H,2-3,7,10H2,1H3,(H4,21,24,25,26,27);3*1H/t14-;;;/m0.../s1. The van der Waals surface area contributed by atoms with Gasteiger partial charge in [0.2, 0.25) is 0 Å². The van der Waals surface area contributed by atoms with Crippen LogP contribution in [0.4, 0.5) is 20.7 Å². The lowest BCUT2D eigenvalue weighted by Crippen LogP contribution is -2.42. The number of ether oxygens (including phenoxy) is 1. The third-order valence-electron chi connectivity index (χ3n) is 4.39. The molecule has 1 aliphatic rings. The van der Waals surface area contributed by atoms with Crippen LogP contribution >= 0.6 is 0 Å². The highest BCUT2D eigenvalue weighted by Crippen LogP contribution is 2.34. The number of nitrogens with zero attached hydrogens (tertiary/aromatic N) is 2. The molecule has 0 spiro atoms. The van der Waals surface area contributed by atoms with E-state index in [1.807, 2.05) is 0 Å². The molecule has 5 N–H and O–H groups in total. The molecule has 0 saturated heterocycles. The molecule has 2 aromatic heterocycles. The summed E-state index contributed by atoms with van der Waals surface area (Å²) in [7, 11) is 1.52. The average Bonchev–Trinajstić information content (AvgIpc) is 3.46. The molecular formula is C19H29FN6O2. The summed E-state index contributed by atoms with van der Waals surface area (Å²) in [5.41, 5.74) is 8.01. The van der Waals surface area contributed by atoms with Gasteiger partial charge in [-0.25, -0.2) is 14.2 Å². The molecule has 0 bridgehead atoms. The van der Waals surface area contributed by atoms with Gasteiger partial charge in [-0.2, -0.15) is 0 Å². The van der Waals surface area contributed by atoms with Crippen LogP contribution in [-0.2, 0) is 11.2 Å². The minimum atomic E-state index is -0.490. The topological polar surface area (TPSA) is 126 Å². The number of rotatable bonds is 8. The Balaban J connectivity index is 0.00000300. The monoisotopic (exact) mass is 392 g/mol. The second-order valence-corrected chi connectivity index (χ2v) is 6.76. The van der Waals surface area contributed by atoms with Crippen LogP contribution in [0, 0.1) is 17.1 Å². The first kappa shape index (κ1) is 19.7. The summed E-state index contributed by atoms with van der Waals surface area (Å²) in [4.78, 5) is 20.6. The van der Waals surface area contributed by atoms with Gasteiger partial charge in [-0.1, -0.05) is 0 Å². The first-order valence-electron chi connectivity index (χ1n) is 8.97. The quantitative estimate of drug-likeness (QED) is 0.514. The third kappa shape index (κ3) is 5.23. The number of methoxy groups -OCH3 is 1. The number of nitrogen functional groups attached to an aromatic ring is 1. The van der Waals surface area contributed by atoms with Crippen molar-refractivity contribution in [2.75, 3.05) is 24.8 Å². The van der Waals surface area contributed by atoms with Crippen LogP contribution in [0.3, 0.4) is 0 Å². The molecular weight excluding hydrogens is 363 g/mol. The van der Waals surface area contributed by atoms with Gasteiger partial charge >= 0.3 is 6.03 Å². The van der Waals surface area contributed by atoms with Crippen LogP contribution < -0.4 is 16.4 Å². The fourth-order valence-electron chi connectivity index (χ4n) is 2.86. The number of carbonyl (C=O) groups is 1. The molecule has 3 rings (SSSR count). The molecule has 154 valence electrons. The molecule has 1 saturated carbocycles. The number of carbonyl (C=O) groups excluding carboxylic acids is 1. The molecule has 0 unspecified atom stereocenters. The van der Waals surface area contributed by atoms with Crippen molar-refractivity contribution in [2.24, 2.45) is 5.92 Å². The van der Waals surface area contributed by atoms with Crippen molar-refractivity contribution < 1.29 is 18.2 Å². The summed E-state index contributed by atoms with van der Waals surface area (Å²) >= 11 is 0. The molecule has 1 aliphatic carbocycles. The molecule has 9 heteroatoms. The molecule has 2 amide bonds. The number of hydrogen-bond donors (Lipinski definition) is 4. The lowest BCUT2D eigenvalue weighted by Gasteiger charge is -2.18. The van der Waals surface area contributed by atoms with Crippen LogP contribution in [0.1, 0.15) is 28.4 Å². The van der Waals surface area contributed by atoms with Crippen molar-refractivity contribution in [1.82, 2.24) is 15.3 Å². The number of nitrogens with two attached hydrogens (primary N) is 1. The van der Waals surface area contributed by atoms with Gasteiger partial charge in [0.15, 0.2) is 0 Å². The normalized spacial score (nSPS) is 14.4. The fourth-order valence-corrected chi connectivity index (χ4v) is 2.86. The van der Waals surface area contributed by atoms with Gasteiger partial charge in [0.1, 0.15) is 11.6 Å². The van der Waals surface area contributed by atoms with Gasteiger partial charge in [0.25, 0.3) is 0 Å². The Kier molecular flexibility index (Phi) is 6.15. The zero-order chi connectivity index (χ0) is 20.1. The van der Waals surface area contributed by atoms with E-state index in [2.05, 4.69) is 20.6 Å². The van der Waals surface area contributed by atoms with E-state index in [1.54, 1.807) is 0 Å². The molecule has 28 heavy (non-hydrogen) atoms. The SMILES string of the molecule is COC[C@H](Cc1cc(F)ccn1)NC(=O)Nc1cc(N)c(C(=N)C2CC2)cn1.[HH].[HH].[HH]. The van der Waals surface area contributed by atoms with Crippen molar-refractivity contribution in [1.29, 1.82) is 5.41 Å². The number of pyridine rings is 2. The van der Waals surface area contributed by atoms with Gasteiger partial charge in [0, 0.05) is 64.8 Å². The Hall–Kier alpha value is -3.07. The largest absolute Gasteiger partial charge is 0.398 e. The molecule has 2 heterocycles. The van der Waals surface area contributed by atoms with Gasteiger partial charge in [-0.3, -0.25) is 10.3 Å². The number of aromatic nitrogens is 2. The summed E-state index contributed by atoms with van der Waals surface area (Å²) in [6.45, 7) is 0.235. The van der Waals surface area contributed by atoms with E-state index in [0.29, 0.717) is 29.1 Å².